The number of likely N-dealkylation sites (N-methyl/N-ethyl adjacent to an activating group) is 1. The van der Waals surface area contributed by atoms with Gasteiger partial charge in [0.15, 0.2) is 0 Å². The summed E-state index contributed by atoms with van der Waals surface area (Å²) in [6.07, 6.45) is 1.15. The lowest BCUT2D eigenvalue weighted by Crippen LogP contribution is -2.51. The number of carbonyl (C=O) groups excluding carboxylic acids is 1. The van der Waals surface area contributed by atoms with Crippen LogP contribution in [0.4, 0.5) is 0 Å². The third kappa shape index (κ3) is 2.33. The van der Waals surface area contributed by atoms with Crippen molar-refractivity contribution in [2.75, 3.05) is 14.2 Å². The summed E-state index contributed by atoms with van der Waals surface area (Å²) in [4.78, 5) is 14.7. The Kier molecular flexibility index (Phi) is 3.82. The first-order valence-electron chi connectivity index (χ1n) is 8.56. The molecule has 0 saturated carbocycles. The zero-order chi connectivity index (χ0) is 16.8. The van der Waals surface area contributed by atoms with E-state index in [1.54, 1.807) is 0 Å². The normalized spacial score (nSPS) is 32.9. The number of ether oxygens (including phenoxy) is 1. The van der Waals surface area contributed by atoms with Gasteiger partial charge in [-0.25, -0.2) is 0 Å². The van der Waals surface area contributed by atoms with E-state index >= 15 is 0 Å². The minimum atomic E-state index is -0.463. The van der Waals surface area contributed by atoms with E-state index in [1.807, 2.05) is 19.2 Å². The van der Waals surface area contributed by atoms with Gasteiger partial charge in [0.05, 0.1) is 19.1 Å². The number of aliphatic hydroxyl groups is 1. The molecule has 2 aliphatic rings. The molecule has 0 radical (unpaired) electrons. The number of aliphatic hydroxyl groups excluding tert-OH is 1. The van der Waals surface area contributed by atoms with Gasteiger partial charge in [0.25, 0.3) is 0 Å². The van der Waals surface area contributed by atoms with E-state index in [2.05, 4.69) is 35.2 Å². The zero-order valence-corrected chi connectivity index (χ0v) is 14.1. The second-order valence-corrected chi connectivity index (χ2v) is 7.11. The van der Waals surface area contributed by atoms with Crippen LogP contribution in [0.25, 0.3) is 10.8 Å². The van der Waals surface area contributed by atoms with Gasteiger partial charge in [-0.05, 0) is 36.2 Å². The maximum atomic E-state index is 12.5. The van der Waals surface area contributed by atoms with Crippen LogP contribution in [-0.4, -0.2) is 48.3 Å². The van der Waals surface area contributed by atoms with Crippen molar-refractivity contribution in [3.05, 3.63) is 48.0 Å². The maximum Gasteiger partial charge on any atom is 0.310 e. The minimum absolute atomic E-state index is 0.0883. The molecule has 1 N–H and O–H groups in total. The number of rotatable bonds is 2. The highest BCUT2D eigenvalue weighted by Gasteiger charge is 2.53. The Hall–Kier alpha value is -1.91. The molecule has 4 rings (SSSR count). The Labute approximate surface area is 142 Å². The monoisotopic (exact) mass is 325 g/mol. The number of carbonyl (C=O) groups is 1. The number of piperidine rings is 1. The molecule has 2 heterocycles. The van der Waals surface area contributed by atoms with Crippen LogP contribution in [0.15, 0.2) is 42.5 Å². The fourth-order valence-electron chi connectivity index (χ4n) is 4.75. The lowest BCUT2D eigenvalue weighted by Gasteiger charge is -2.42. The summed E-state index contributed by atoms with van der Waals surface area (Å²) in [7, 11) is 3.45. The quantitative estimate of drug-likeness (QED) is 0.862. The molecule has 0 unspecified atom stereocenters. The molecule has 5 atom stereocenters. The SMILES string of the molecule is COC(=O)[C@@H]1[C@H]2[C@H](O)C[C@@H](C[C@@H]1c1ccc3ccccc3c1)N2C. The van der Waals surface area contributed by atoms with Gasteiger partial charge in [-0.3, -0.25) is 9.69 Å². The lowest BCUT2D eigenvalue weighted by molar-refractivity contribution is -0.151. The Balaban J connectivity index is 1.78. The molecular formula is C20H23NO3. The first-order chi connectivity index (χ1) is 11.6. The predicted octanol–water partition coefficient (Wildman–Crippen LogP) is 2.55. The van der Waals surface area contributed by atoms with Gasteiger partial charge in [0.1, 0.15) is 0 Å². The summed E-state index contributed by atoms with van der Waals surface area (Å²) in [5.41, 5.74) is 1.17. The molecule has 126 valence electrons. The molecule has 0 aromatic heterocycles. The molecule has 2 aromatic rings. The highest BCUT2D eigenvalue weighted by atomic mass is 16.5. The van der Waals surface area contributed by atoms with E-state index in [1.165, 1.54) is 23.4 Å². The average molecular weight is 325 g/mol. The third-order valence-corrected chi connectivity index (χ3v) is 5.96. The van der Waals surface area contributed by atoms with Crippen molar-refractivity contribution in [3.63, 3.8) is 0 Å². The second-order valence-electron chi connectivity index (χ2n) is 7.11. The summed E-state index contributed by atoms with van der Waals surface area (Å²) < 4.78 is 5.10. The Bertz CT molecular complexity index is 774. The fourth-order valence-corrected chi connectivity index (χ4v) is 4.75. The molecule has 2 aromatic carbocycles. The van der Waals surface area contributed by atoms with Crippen LogP contribution in [0.1, 0.15) is 24.3 Å². The highest BCUT2D eigenvalue weighted by Crippen LogP contribution is 2.47. The number of hydrogen-bond acceptors (Lipinski definition) is 4. The smallest absolute Gasteiger partial charge is 0.310 e. The Morgan fingerprint density at radius 2 is 1.92 bits per heavy atom. The number of nitrogens with zero attached hydrogens (tertiary/aromatic N) is 1. The Morgan fingerprint density at radius 1 is 1.17 bits per heavy atom. The first-order valence-corrected chi connectivity index (χ1v) is 8.56. The summed E-state index contributed by atoms with van der Waals surface area (Å²) in [5, 5.41) is 12.9. The van der Waals surface area contributed by atoms with Crippen LogP contribution in [0, 0.1) is 5.92 Å². The highest BCUT2D eigenvalue weighted by molar-refractivity contribution is 5.83. The molecule has 2 saturated heterocycles. The van der Waals surface area contributed by atoms with E-state index in [0.717, 1.165) is 12.8 Å². The molecule has 0 spiro atoms. The largest absolute Gasteiger partial charge is 0.469 e. The summed E-state index contributed by atoms with van der Waals surface area (Å²) in [6, 6.07) is 14.9. The van der Waals surface area contributed by atoms with Gasteiger partial charge in [-0.2, -0.15) is 0 Å². The van der Waals surface area contributed by atoms with Gasteiger partial charge in [0, 0.05) is 18.0 Å². The van der Waals surface area contributed by atoms with E-state index < -0.39 is 6.10 Å². The standard InChI is InChI=1S/C20H23NO3/c1-21-15-10-16(18(20(23)24-2)19(21)17(22)11-15)14-8-7-12-5-3-4-6-13(12)9-14/h3-9,15-19,22H,10-11H2,1-2H3/t15-,16-,17-,18+,19-/m1/s1. The van der Waals surface area contributed by atoms with Gasteiger partial charge in [-0.1, -0.05) is 42.5 Å². The van der Waals surface area contributed by atoms with Gasteiger partial charge in [-0.15, -0.1) is 0 Å². The van der Waals surface area contributed by atoms with Crippen molar-refractivity contribution >= 4 is 16.7 Å². The van der Waals surface area contributed by atoms with E-state index in [9.17, 15) is 9.90 Å². The fraction of sp³-hybridized carbons (Fsp3) is 0.450. The molecular weight excluding hydrogens is 302 g/mol. The molecule has 0 amide bonds. The van der Waals surface area contributed by atoms with Crippen molar-refractivity contribution in [2.24, 2.45) is 5.92 Å². The number of hydrogen-bond donors (Lipinski definition) is 1. The van der Waals surface area contributed by atoms with E-state index in [0.29, 0.717) is 6.04 Å². The molecule has 0 aliphatic carbocycles. The van der Waals surface area contributed by atoms with Crippen LogP contribution in [0.3, 0.4) is 0 Å². The summed E-state index contributed by atoms with van der Waals surface area (Å²) in [6.45, 7) is 0. The number of esters is 1. The van der Waals surface area contributed by atoms with Crippen molar-refractivity contribution in [3.8, 4) is 0 Å². The van der Waals surface area contributed by atoms with Crippen molar-refractivity contribution in [1.29, 1.82) is 0 Å². The lowest BCUT2D eigenvalue weighted by atomic mass is 9.75. The van der Waals surface area contributed by atoms with Crippen molar-refractivity contribution in [2.45, 2.75) is 36.9 Å². The zero-order valence-electron chi connectivity index (χ0n) is 14.1. The topological polar surface area (TPSA) is 49.8 Å². The average Bonchev–Trinajstić information content (AvgIpc) is 2.79. The van der Waals surface area contributed by atoms with Crippen LogP contribution in [0.2, 0.25) is 0 Å². The van der Waals surface area contributed by atoms with Gasteiger partial charge >= 0.3 is 5.97 Å². The molecule has 2 aliphatic heterocycles. The van der Waals surface area contributed by atoms with Crippen LogP contribution < -0.4 is 0 Å². The Morgan fingerprint density at radius 3 is 2.67 bits per heavy atom. The third-order valence-electron chi connectivity index (χ3n) is 5.96. The molecule has 4 nitrogen and oxygen atoms in total. The summed E-state index contributed by atoms with van der Waals surface area (Å²) in [5.74, 6) is -0.454. The van der Waals surface area contributed by atoms with Crippen molar-refractivity contribution < 1.29 is 14.6 Å². The number of methoxy groups -OCH3 is 1. The first kappa shape index (κ1) is 15.6. The second kappa shape index (κ2) is 5.87. The van der Waals surface area contributed by atoms with Gasteiger partial charge in [0.2, 0.25) is 0 Å². The van der Waals surface area contributed by atoms with E-state index in [4.69, 9.17) is 4.74 Å². The minimum Gasteiger partial charge on any atom is -0.469 e. The van der Waals surface area contributed by atoms with Crippen molar-refractivity contribution in [1.82, 2.24) is 4.90 Å². The van der Waals surface area contributed by atoms with E-state index in [-0.39, 0.29) is 23.8 Å². The maximum absolute atomic E-state index is 12.5. The number of fused-ring (bicyclic) bond motifs is 3. The molecule has 24 heavy (non-hydrogen) atoms. The molecule has 2 fully saturated rings. The van der Waals surface area contributed by atoms with Gasteiger partial charge < -0.3 is 9.84 Å². The predicted molar refractivity (Wildman–Crippen MR) is 92.8 cm³/mol. The molecule has 4 heteroatoms. The van der Waals surface area contributed by atoms with Crippen LogP contribution in [0.5, 0.6) is 0 Å². The molecule has 2 bridgehead atoms. The van der Waals surface area contributed by atoms with Crippen LogP contribution >= 0.6 is 0 Å². The van der Waals surface area contributed by atoms with Crippen LogP contribution in [-0.2, 0) is 9.53 Å². The number of benzene rings is 2. The summed E-state index contributed by atoms with van der Waals surface area (Å²) >= 11 is 0.